The van der Waals surface area contributed by atoms with Crippen LogP contribution in [0.1, 0.15) is 18.6 Å². The molecule has 1 heterocycles. The summed E-state index contributed by atoms with van der Waals surface area (Å²) >= 11 is 8.27. The second-order valence-corrected chi connectivity index (χ2v) is 7.68. The summed E-state index contributed by atoms with van der Waals surface area (Å²) in [5.41, 5.74) is 0.897. The number of hydrogen-bond acceptors (Lipinski definition) is 6. The van der Waals surface area contributed by atoms with Gasteiger partial charge >= 0.3 is 0 Å². The van der Waals surface area contributed by atoms with Gasteiger partial charge in [-0.3, -0.25) is 0 Å². The number of hydrogen-bond donors (Lipinski definition) is 1. The molecule has 0 aliphatic carbocycles. The molecule has 0 amide bonds. The fraction of sp³-hybridized carbons (Fsp3) is 0.273. The summed E-state index contributed by atoms with van der Waals surface area (Å²) in [4.78, 5) is 1.07. The Hall–Kier alpha value is -0.0800. The first-order chi connectivity index (χ1) is 8.60. The van der Waals surface area contributed by atoms with E-state index >= 15 is 0 Å². The number of rotatable bonds is 4. The lowest BCUT2D eigenvalue weighted by Gasteiger charge is -2.07. The normalized spacial score (nSPS) is 12.7. The maximum atomic E-state index is 9.51. The molecule has 0 saturated heterocycles. The van der Waals surface area contributed by atoms with Crippen LogP contribution in [0.25, 0.3) is 0 Å². The van der Waals surface area contributed by atoms with E-state index in [0.29, 0.717) is 0 Å². The second kappa shape index (κ2) is 6.38. The summed E-state index contributed by atoms with van der Waals surface area (Å²) in [6, 6.07) is 5.84. The van der Waals surface area contributed by atoms with Crippen LogP contribution in [0.5, 0.6) is 0 Å². The van der Waals surface area contributed by atoms with Gasteiger partial charge in [-0.05, 0) is 46.8 Å². The predicted molar refractivity (Wildman–Crippen MR) is 80.6 cm³/mol. The van der Waals surface area contributed by atoms with Crippen molar-refractivity contribution in [2.24, 2.45) is 0 Å². The van der Waals surface area contributed by atoms with E-state index in [9.17, 15) is 5.11 Å². The summed E-state index contributed by atoms with van der Waals surface area (Å²) in [7, 11) is 0. The third-order valence-electron chi connectivity index (χ3n) is 2.20. The molecule has 96 valence electrons. The molecule has 1 unspecified atom stereocenters. The van der Waals surface area contributed by atoms with Crippen molar-refractivity contribution in [2.45, 2.75) is 26.6 Å². The van der Waals surface area contributed by atoms with Crippen LogP contribution in [0.3, 0.4) is 0 Å². The van der Waals surface area contributed by atoms with Crippen molar-refractivity contribution in [3.63, 3.8) is 0 Å². The van der Waals surface area contributed by atoms with Crippen LogP contribution in [0.4, 0.5) is 0 Å². The second-order valence-electron chi connectivity index (χ2n) is 3.51. The zero-order valence-corrected chi connectivity index (χ0v) is 13.8. The number of aliphatic hydroxyl groups excluding tert-OH is 1. The van der Waals surface area contributed by atoms with Gasteiger partial charge in [0.15, 0.2) is 8.68 Å². The van der Waals surface area contributed by atoms with Gasteiger partial charge in [0.1, 0.15) is 0 Å². The van der Waals surface area contributed by atoms with E-state index in [1.54, 1.807) is 41.8 Å². The number of nitrogens with zero attached hydrogens (tertiary/aromatic N) is 2. The topological polar surface area (TPSA) is 46.0 Å². The van der Waals surface area contributed by atoms with E-state index in [4.69, 9.17) is 0 Å². The lowest BCUT2D eigenvalue weighted by Crippen LogP contribution is -1.90. The Morgan fingerprint density at radius 2 is 2.06 bits per heavy atom. The van der Waals surface area contributed by atoms with Crippen LogP contribution >= 0.6 is 50.8 Å². The van der Waals surface area contributed by atoms with Crippen LogP contribution in [0.15, 0.2) is 36.2 Å². The largest absolute Gasteiger partial charge is 0.389 e. The SMILES string of the molecule is CSc1nnc(Sc2ccc(C(C)O)cc2Br)s1. The highest BCUT2D eigenvalue weighted by Gasteiger charge is 2.10. The average molecular weight is 363 g/mol. The molecule has 0 radical (unpaired) electrons. The Balaban J connectivity index is 2.19. The van der Waals surface area contributed by atoms with Gasteiger partial charge < -0.3 is 5.11 Å². The fourth-order valence-electron chi connectivity index (χ4n) is 1.27. The van der Waals surface area contributed by atoms with E-state index in [-0.39, 0.29) is 0 Å². The molecule has 2 rings (SSSR count). The standard InChI is InChI=1S/C11H11BrN2OS3/c1-6(15)7-3-4-9(8(12)5-7)17-11-14-13-10(16-2)18-11/h3-6,15H,1-2H3. The van der Waals surface area contributed by atoms with E-state index in [2.05, 4.69) is 26.1 Å². The maximum absolute atomic E-state index is 9.51. The molecule has 1 aromatic heterocycles. The molecule has 7 heteroatoms. The highest BCUT2D eigenvalue weighted by Crippen LogP contribution is 2.37. The number of aliphatic hydroxyl groups is 1. The van der Waals surface area contributed by atoms with Gasteiger partial charge in [0, 0.05) is 9.37 Å². The summed E-state index contributed by atoms with van der Waals surface area (Å²) in [5.74, 6) is 0. The molecule has 1 aromatic carbocycles. The first-order valence-corrected chi connectivity index (χ1v) is 8.78. The highest BCUT2D eigenvalue weighted by molar-refractivity contribution is 9.10. The Morgan fingerprint density at radius 3 is 2.61 bits per heavy atom. The third kappa shape index (κ3) is 3.48. The van der Waals surface area contributed by atoms with Gasteiger partial charge in [-0.25, -0.2) is 0 Å². The lowest BCUT2D eigenvalue weighted by molar-refractivity contribution is 0.199. The molecule has 18 heavy (non-hydrogen) atoms. The highest BCUT2D eigenvalue weighted by atomic mass is 79.9. The molecule has 0 fully saturated rings. The van der Waals surface area contributed by atoms with Gasteiger partial charge in [0.2, 0.25) is 0 Å². The van der Waals surface area contributed by atoms with Crippen molar-refractivity contribution in [2.75, 3.05) is 6.26 Å². The molecular weight excluding hydrogens is 352 g/mol. The van der Waals surface area contributed by atoms with Crippen molar-refractivity contribution in [1.82, 2.24) is 10.2 Å². The van der Waals surface area contributed by atoms with E-state index in [0.717, 1.165) is 23.6 Å². The molecule has 0 aliphatic heterocycles. The quantitative estimate of drug-likeness (QED) is 0.824. The van der Waals surface area contributed by atoms with Gasteiger partial charge in [-0.15, -0.1) is 10.2 Å². The Morgan fingerprint density at radius 1 is 1.33 bits per heavy atom. The molecule has 1 N–H and O–H groups in total. The Kier molecular flexibility index (Phi) is 5.08. The molecule has 0 bridgehead atoms. The first kappa shape index (κ1) is 14.3. The smallest absolute Gasteiger partial charge is 0.179 e. The summed E-state index contributed by atoms with van der Waals surface area (Å²) in [6.45, 7) is 1.75. The van der Waals surface area contributed by atoms with Crippen LogP contribution in [-0.2, 0) is 0 Å². The van der Waals surface area contributed by atoms with Crippen LogP contribution in [-0.4, -0.2) is 21.6 Å². The molecule has 3 nitrogen and oxygen atoms in total. The molecule has 0 saturated carbocycles. The van der Waals surface area contributed by atoms with E-state index < -0.39 is 6.10 Å². The van der Waals surface area contributed by atoms with E-state index in [1.807, 2.05) is 24.5 Å². The molecule has 2 aromatic rings. The van der Waals surface area contributed by atoms with Crippen molar-refractivity contribution in [3.8, 4) is 0 Å². The van der Waals surface area contributed by atoms with Crippen molar-refractivity contribution < 1.29 is 5.11 Å². The Labute approximate surface area is 127 Å². The zero-order valence-electron chi connectivity index (χ0n) is 9.75. The molecule has 0 aliphatic rings. The van der Waals surface area contributed by atoms with Crippen molar-refractivity contribution in [3.05, 3.63) is 28.2 Å². The van der Waals surface area contributed by atoms with Gasteiger partial charge in [-0.1, -0.05) is 40.9 Å². The van der Waals surface area contributed by atoms with Crippen molar-refractivity contribution in [1.29, 1.82) is 0 Å². The number of aromatic nitrogens is 2. The summed E-state index contributed by atoms with van der Waals surface area (Å²) in [5, 5.41) is 17.7. The number of benzene rings is 1. The fourth-order valence-corrected chi connectivity index (χ4v) is 4.31. The number of thioether (sulfide) groups is 1. The van der Waals surface area contributed by atoms with E-state index in [1.165, 1.54) is 0 Å². The maximum Gasteiger partial charge on any atom is 0.179 e. The minimum Gasteiger partial charge on any atom is -0.389 e. The lowest BCUT2D eigenvalue weighted by atomic mass is 10.1. The Bertz CT molecular complexity index is 545. The van der Waals surface area contributed by atoms with Crippen LogP contribution in [0.2, 0.25) is 0 Å². The molecule has 1 atom stereocenters. The van der Waals surface area contributed by atoms with Crippen LogP contribution < -0.4 is 0 Å². The molecular formula is C11H11BrN2OS3. The van der Waals surface area contributed by atoms with Gasteiger partial charge in [0.05, 0.1) is 6.10 Å². The average Bonchev–Trinajstić information content (AvgIpc) is 2.79. The number of halogens is 1. The van der Waals surface area contributed by atoms with Gasteiger partial charge in [0.25, 0.3) is 0 Å². The summed E-state index contributed by atoms with van der Waals surface area (Å²) < 4.78 is 2.85. The van der Waals surface area contributed by atoms with Crippen molar-refractivity contribution >= 4 is 50.8 Å². The van der Waals surface area contributed by atoms with Crippen LogP contribution in [0, 0.1) is 0 Å². The molecule has 0 spiro atoms. The van der Waals surface area contributed by atoms with Gasteiger partial charge in [-0.2, -0.15) is 0 Å². The first-order valence-electron chi connectivity index (χ1n) is 5.13. The summed E-state index contributed by atoms with van der Waals surface area (Å²) in [6.07, 6.45) is 1.53. The monoisotopic (exact) mass is 362 g/mol. The minimum absolute atomic E-state index is 0.454. The minimum atomic E-state index is -0.454. The zero-order chi connectivity index (χ0) is 13.1. The third-order valence-corrected chi connectivity index (χ3v) is 6.14. The predicted octanol–water partition coefficient (Wildman–Crippen LogP) is 4.23.